The number of ether oxygens (including phenoxy) is 1. The maximum absolute atomic E-state index is 12.6. The molecule has 0 radical (unpaired) electrons. The van der Waals surface area contributed by atoms with Gasteiger partial charge < -0.3 is 9.64 Å². The Balaban J connectivity index is 1.76. The second-order valence-electron chi connectivity index (χ2n) is 6.72. The molecule has 3 heterocycles. The number of rotatable bonds is 3. The lowest BCUT2D eigenvalue weighted by Crippen LogP contribution is -2.41. The molecule has 6 nitrogen and oxygen atoms in total. The SMILES string of the molecule is C[C@H]1C[C@H](C)CN(c2ccc(S(=O)(=O)N3CCOCC3)cn2)C1. The van der Waals surface area contributed by atoms with Gasteiger partial charge in [0.1, 0.15) is 10.7 Å². The van der Waals surface area contributed by atoms with Crippen LogP contribution in [0.3, 0.4) is 0 Å². The van der Waals surface area contributed by atoms with E-state index < -0.39 is 10.0 Å². The van der Waals surface area contributed by atoms with Crippen LogP contribution < -0.4 is 4.90 Å². The van der Waals surface area contributed by atoms with Gasteiger partial charge in [0.2, 0.25) is 10.0 Å². The summed E-state index contributed by atoms with van der Waals surface area (Å²) in [6.45, 7) is 8.18. The first-order chi connectivity index (χ1) is 11.0. The van der Waals surface area contributed by atoms with Crippen LogP contribution in [0, 0.1) is 11.8 Å². The maximum atomic E-state index is 12.6. The quantitative estimate of drug-likeness (QED) is 0.837. The van der Waals surface area contributed by atoms with Crippen LogP contribution in [-0.2, 0) is 14.8 Å². The maximum Gasteiger partial charge on any atom is 0.244 e. The van der Waals surface area contributed by atoms with E-state index in [2.05, 4.69) is 23.7 Å². The van der Waals surface area contributed by atoms with E-state index in [0.717, 1.165) is 18.9 Å². The van der Waals surface area contributed by atoms with Crippen LogP contribution in [0.25, 0.3) is 0 Å². The van der Waals surface area contributed by atoms with Gasteiger partial charge in [-0.15, -0.1) is 0 Å². The summed E-state index contributed by atoms with van der Waals surface area (Å²) in [6.07, 6.45) is 2.73. The third-order valence-corrected chi connectivity index (χ3v) is 6.40. The molecule has 0 bridgehead atoms. The van der Waals surface area contributed by atoms with Crippen LogP contribution in [0.5, 0.6) is 0 Å². The van der Waals surface area contributed by atoms with Gasteiger partial charge in [-0.3, -0.25) is 0 Å². The summed E-state index contributed by atoms with van der Waals surface area (Å²) in [5, 5.41) is 0. The Hall–Kier alpha value is -1.18. The van der Waals surface area contributed by atoms with E-state index in [0.29, 0.717) is 38.1 Å². The second kappa shape index (κ2) is 6.75. The molecule has 2 saturated heterocycles. The average molecular weight is 339 g/mol. The number of piperidine rings is 1. The summed E-state index contributed by atoms with van der Waals surface area (Å²) in [7, 11) is -3.46. The number of hydrogen-bond donors (Lipinski definition) is 0. The van der Waals surface area contributed by atoms with E-state index in [4.69, 9.17) is 4.74 Å². The van der Waals surface area contributed by atoms with E-state index in [1.165, 1.54) is 16.9 Å². The van der Waals surface area contributed by atoms with Gasteiger partial charge in [0.25, 0.3) is 0 Å². The highest BCUT2D eigenvalue weighted by Gasteiger charge is 2.27. The third-order valence-electron chi connectivity index (χ3n) is 4.52. The topological polar surface area (TPSA) is 62.7 Å². The molecule has 23 heavy (non-hydrogen) atoms. The lowest BCUT2D eigenvalue weighted by Gasteiger charge is -2.35. The highest BCUT2D eigenvalue weighted by molar-refractivity contribution is 7.89. The molecule has 0 saturated carbocycles. The largest absolute Gasteiger partial charge is 0.379 e. The molecule has 2 atom stereocenters. The summed E-state index contributed by atoms with van der Waals surface area (Å²) in [6, 6.07) is 3.51. The van der Waals surface area contributed by atoms with Crippen LogP contribution in [-0.4, -0.2) is 57.1 Å². The fraction of sp³-hybridized carbons (Fsp3) is 0.688. The first-order valence-corrected chi connectivity index (χ1v) is 9.69. The Morgan fingerprint density at radius 3 is 2.35 bits per heavy atom. The van der Waals surface area contributed by atoms with Gasteiger partial charge in [-0.05, 0) is 30.4 Å². The number of nitrogens with zero attached hydrogens (tertiary/aromatic N) is 3. The predicted molar refractivity (Wildman–Crippen MR) is 89.0 cm³/mol. The van der Waals surface area contributed by atoms with E-state index in [9.17, 15) is 8.42 Å². The van der Waals surface area contributed by atoms with Crippen molar-refractivity contribution in [1.29, 1.82) is 0 Å². The van der Waals surface area contributed by atoms with Gasteiger partial charge in [0, 0.05) is 32.4 Å². The number of aromatic nitrogens is 1. The molecule has 128 valence electrons. The standard InChI is InChI=1S/C16H25N3O3S/c1-13-9-14(2)12-18(11-13)16-4-3-15(10-17-16)23(20,21)19-5-7-22-8-6-19/h3-4,10,13-14H,5-9,11-12H2,1-2H3/t13-,14-/m0/s1. The Morgan fingerprint density at radius 2 is 1.78 bits per heavy atom. The van der Waals surface area contributed by atoms with Gasteiger partial charge in [-0.25, -0.2) is 13.4 Å². The molecule has 0 spiro atoms. The van der Waals surface area contributed by atoms with Crippen molar-refractivity contribution >= 4 is 15.8 Å². The Morgan fingerprint density at radius 1 is 1.13 bits per heavy atom. The summed E-state index contributed by atoms with van der Waals surface area (Å²) in [5.41, 5.74) is 0. The van der Waals surface area contributed by atoms with Crippen LogP contribution >= 0.6 is 0 Å². The molecule has 0 aliphatic carbocycles. The molecule has 7 heteroatoms. The summed E-state index contributed by atoms with van der Waals surface area (Å²) in [4.78, 5) is 6.94. The first kappa shape index (κ1) is 16.7. The van der Waals surface area contributed by atoms with Crippen LogP contribution in [0.15, 0.2) is 23.2 Å². The van der Waals surface area contributed by atoms with E-state index in [1.807, 2.05) is 6.07 Å². The van der Waals surface area contributed by atoms with Gasteiger partial charge >= 0.3 is 0 Å². The minimum absolute atomic E-state index is 0.265. The van der Waals surface area contributed by atoms with Crippen molar-refractivity contribution in [3.8, 4) is 0 Å². The van der Waals surface area contributed by atoms with Crippen molar-refractivity contribution in [2.24, 2.45) is 11.8 Å². The molecule has 2 aliphatic heterocycles. The molecule has 2 aliphatic rings. The zero-order valence-electron chi connectivity index (χ0n) is 13.8. The summed E-state index contributed by atoms with van der Waals surface area (Å²) >= 11 is 0. The molecule has 0 N–H and O–H groups in total. The first-order valence-electron chi connectivity index (χ1n) is 8.25. The predicted octanol–water partition coefficient (Wildman–Crippen LogP) is 1.58. The molecule has 1 aromatic heterocycles. The highest BCUT2D eigenvalue weighted by Crippen LogP contribution is 2.26. The van der Waals surface area contributed by atoms with Crippen LogP contribution in [0.2, 0.25) is 0 Å². The van der Waals surface area contributed by atoms with Crippen molar-refractivity contribution in [2.45, 2.75) is 25.2 Å². The smallest absolute Gasteiger partial charge is 0.244 e. The number of morpholine rings is 1. The van der Waals surface area contributed by atoms with E-state index in [1.54, 1.807) is 6.07 Å². The fourth-order valence-corrected chi connectivity index (χ4v) is 4.85. The Bertz CT molecular complexity index is 616. The van der Waals surface area contributed by atoms with Crippen molar-refractivity contribution < 1.29 is 13.2 Å². The molecule has 0 amide bonds. The Kier molecular flexibility index (Phi) is 4.89. The zero-order valence-corrected chi connectivity index (χ0v) is 14.6. The normalized spacial score (nSPS) is 27.1. The minimum Gasteiger partial charge on any atom is -0.379 e. The highest BCUT2D eigenvalue weighted by atomic mass is 32.2. The van der Waals surface area contributed by atoms with Crippen molar-refractivity contribution in [2.75, 3.05) is 44.3 Å². The van der Waals surface area contributed by atoms with Gasteiger partial charge in [-0.1, -0.05) is 13.8 Å². The van der Waals surface area contributed by atoms with Crippen LogP contribution in [0.1, 0.15) is 20.3 Å². The van der Waals surface area contributed by atoms with E-state index in [-0.39, 0.29) is 4.90 Å². The summed E-state index contributed by atoms with van der Waals surface area (Å²) < 4.78 is 31.9. The molecule has 0 aromatic carbocycles. The summed E-state index contributed by atoms with van der Waals surface area (Å²) in [5.74, 6) is 2.14. The molecular weight excluding hydrogens is 314 g/mol. The number of pyridine rings is 1. The number of hydrogen-bond acceptors (Lipinski definition) is 5. The lowest BCUT2D eigenvalue weighted by atomic mass is 9.92. The van der Waals surface area contributed by atoms with Crippen molar-refractivity contribution in [1.82, 2.24) is 9.29 Å². The zero-order chi connectivity index (χ0) is 16.4. The number of sulfonamides is 1. The fourth-order valence-electron chi connectivity index (χ4n) is 3.50. The Labute approximate surface area is 138 Å². The van der Waals surface area contributed by atoms with Gasteiger partial charge in [0.05, 0.1) is 13.2 Å². The molecule has 2 fully saturated rings. The average Bonchev–Trinajstić information content (AvgIpc) is 2.55. The second-order valence-corrected chi connectivity index (χ2v) is 8.66. The monoisotopic (exact) mass is 339 g/mol. The molecule has 3 rings (SSSR count). The molecular formula is C16H25N3O3S. The lowest BCUT2D eigenvalue weighted by molar-refractivity contribution is 0.0730. The number of anilines is 1. The van der Waals surface area contributed by atoms with E-state index >= 15 is 0 Å². The molecule has 0 unspecified atom stereocenters. The minimum atomic E-state index is -3.46. The van der Waals surface area contributed by atoms with Gasteiger partial charge in [0.15, 0.2) is 0 Å². The van der Waals surface area contributed by atoms with Gasteiger partial charge in [-0.2, -0.15) is 4.31 Å². The van der Waals surface area contributed by atoms with Crippen LogP contribution in [0.4, 0.5) is 5.82 Å². The van der Waals surface area contributed by atoms with Crippen molar-refractivity contribution in [3.05, 3.63) is 18.3 Å². The van der Waals surface area contributed by atoms with Crippen molar-refractivity contribution in [3.63, 3.8) is 0 Å². The molecule has 1 aromatic rings. The third kappa shape index (κ3) is 3.67.